The first-order valence-electron chi connectivity index (χ1n) is 6.40. The smallest absolute Gasteiger partial charge is 0.0589 e. The molecule has 0 radical (unpaired) electrons. The molecule has 1 unspecified atom stereocenters. The Hall–Kier alpha value is -0.120. The van der Waals surface area contributed by atoms with Crippen LogP contribution in [0.4, 0.5) is 0 Å². The fourth-order valence-electron chi connectivity index (χ4n) is 1.57. The molecule has 1 atom stereocenters. The highest BCUT2D eigenvalue weighted by atomic mass is 16.5. The largest absolute Gasteiger partial charge is 0.383 e. The van der Waals surface area contributed by atoms with E-state index in [9.17, 15) is 0 Å². The van der Waals surface area contributed by atoms with Crippen LogP contribution in [0.1, 0.15) is 40.5 Å². The van der Waals surface area contributed by atoms with Crippen LogP contribution in [0.5, 0.6) is 0 Å². The zero-order valence-electron chi connectivity index (χ0n) is 11.8. The fraction of sp³-hybridized carbons (Fsp3) is 1.00. The van der Waals surface area contributed by atoms with Gasteiger partial charge in [-0.05, 0) is 38.3 Å². The fourth-order valence-corrected chi connectivity index (χ4v) is 1.57. The van der Waals surface area contributed by atoms with Crippen LogP contribution < -0.4 is 5.73 Å². The van der Waals surface area contributed by atoms with Crippen molar-refractivity contribution in [3.63, 3.8) is 0 Å². The minimum absolute atomic E-state index is 0.249. The molecule has 0 spiro atoms. The maximum atomic E-state index is 5.76. The van der Waals surface area contributed by atoms with Crippen molar-refractivity contribution in [1.82, 2.24) is 4.90 Å². The summed E-state index contributed by atoms with van der Waals surface area (Å²) in [6.07, 6.45) is 2.34. The lowest BCUT2D eigenvalue weighted by Crippen LogP contribution is -2.39. The van der Waals surface area contributed by atoms with E-state index in [0.29, 0.717) is 6.04 Å². The third kappa shape index (κ3) is 6.46. The van der Waals surface area contributed by atoms with E-state index in [0.717, 1.165) is 32.7 Å². The number of nitrogens with two attached hydrogens (primary N) is 1. The monoisotopic (exact) mass is 230 g/mol. The van der Waals surface area contributed by atoms with Gasteiger partial charge in [-0.2, -0.15) is 0 Å². The molecule has 0 aliphatic heterocycles. The minimum Gasteiger partial charge on any atom is -0.383 e. The Kier molecular flexibility index (Phi) is 7.98. The average Bonchev–Trinajstić information content (AvgIpc) is 2.28. The van der Waals surface area contributed by atoms with E-state index in [1.54, 1.807) is 7.11 Å². The lowest BCUT2D eigenvalue weighted by Gasteiger charge is -2.32. The summed E-state index contributed by atoms with van der Waals surface area (Å²) in [7, 11) is 1.76. The van der Waals surface area contributed by atoms with Crippen LogP contribution in [0, 0.1) is 5.41 Å². The SMILES string of the molecule is CCC(C)N(CCOC)CCC(C)(C)CN. The molecule has 0 bridgehead atoms. The van der Waals surface area contributed by atoms with Crippen LogP contribution in [0.15, 0.2) is 0 Å². The maximum absolute atomic E-state index is 5.76. The Morgan fingerprint density at radius 1 is 1.31 bits per heavy atom. The Labute approximate surface area is 101 Å². The Balaban J connectivity index is 4.10. The standard InChI is InChI=1S/C13H30N2O/c1-6-12(2)15(9-10-16-5)8-7-13(3,4)11-14/h12H,6-11,14H2,1-5H3. The van der Waals surface area contributed by atoms with Crippen LogP contribution in [0.25, 0.3) is 0 Å². The highest BCUT2D eigenvalue weighted by molar-refractivity contribution is 4.74. The number of nitrogens with zero attached hydrogens (tertiary/aromatic N) is 1. The topological polar surface area (TPSA) is 38.5 Å². The number of rotatable bonds is 9. The molecule has 3 heteroatoms. The zero-order chi connectivity index (χ0) is 12.6. The predicted molar refractivity (Wildman–Crippen MR) is 70.7 cm³/mol. The van der Waals surface area contributed by atoms with Gasteiger partial charge in [0, 0.05) is 19.7 Å². The van der Waals surface area contributed by atoms with E-state index in [1.807, 2.05) is 0 Å². The molecule has 0 amide bonds. The Bertz CT molecular complexity index is 171. The quantitative estimate of drug-likeness (QED) is 0.659. The second-order valence-electron chi connectivity index (χ2n) is 5.40. The summed E-state index contributed by atoms with van der Waals surface area (Å²) in [6.45, 7) is 12.7. The molecule has 0 aromatic heterocycles. The minimum atomic E-state index is 0.249. The number of methoxy groups -OCH3 is 1. The van der Waals surface area contributed by atoms with Crippen LogP contribution in [0.2, 0.25) is 0 Å². The van der Waals surface area contributed by atoms with E-state index < -0.39 is 0 Å². The second-order valence-corrected chi connectivity index (χ2v) is 5.40. The van der Waals surface area contributed by atoms with Gasteiger partial charge in [-0.15, -0.1) is 0 Å². The van der Waals surface area contributed by atoms with Crippen LogP contribution in [0.3, 0.4) is 0 Å². The van der Waals surface area contributed by atoms with E-state index in [2.05, 4.69) is 32.6 Å². The molecule has 0 fully saturated rings. The predicted octanol–water partition coefficient (Wildman–Crippen LogP) is 2.11. The van der Waals surface area contributed by atoms with Crippen molar-refractivity contribution in [2.24, 2.45) is 11.1 Å². The van der Waals surface area contributed by atoms with Gasteiger partial charge in [0.25, 0.3) is 0 Å². The summed E-state index contributed by atoms with van der Waals surface area (Å²) < 4.78 is 5.16. The van der Waals surface area contributed by atoms with Crippen molar-refractivity contribution in [3.8, 4) is 0 Å². The molecule has 0 aliphatic rings. The van der Waals surface area contributed by atoms with Gasteiger partial charge in [-0.3, -0.25) is 4.90 Å². The van der Waals surface area contributed by atoms with Gasteiger partial charge in [-0.25, -0.2) is 0 Å². The lowest BCUT2D eigenvalue weighted by molar-refractivity contribution is 0.111. The molecule has 0 aromatic carbocycles. The summed E-state index contributed by atoms with van der Waals surface area (Å²) in [5.41, 5.74) is 6.01. The van der Waals surface area contributed by atoms with Crippen molar-refractivity contribution >= 4 is 0 Å². The molecule has 98 valence electrons. The van der Waals surface area contributed by atoms with E-state index >= 15 is 0 Å². The third-order valence-corrected chi connectivity index (χ3v) is 3.43. The lowest BCUT2D eigenvalue weighted by atomic mass is 9.89. The molecule has 2 N–H and O–H groups in total. The van der Waals surface area contributed by atoms with E-state index in [4.69, 9.17) is 10.5 Å². The summed E-state index contributed by atoms with van der Waals surface area (Å²) in [5.74, 6) is 0. The molecule has 16 heavy (non-hydrogen) atoms. The van der Waals surface area contributed by atoms with Crippen LogP contribution >= 0.6 is 0 Å². The summed E-state index contributed by atoms with van der Waals surface area (Å²) in [4.78, 5) is 2.50. The first kappa shape index (κ1) is 15.9. The van der Waals surface area contributed by atoms with Crippen LogP contribution in [-0.4, -0.2) is 44.3 Å². The third-order valence-electron chi connectivity index (χ3n) is 3.43. The number of ether oxygens (including phenoxy) is 1. The average molecular weight is 230 g/mol. The Morgan fingerprint density at radius 3 is 2.38 bits per heavy atom. The molecular weight excluding hydrogens is 200 g/mol. The molecular formula is C13H30N2O. The molecule has 0 saturated carbocycles. The molecule has 0 aromatic rings. The van der Waals surface area contributed by atoms with Gasteiger partial charge in [0.05, 0.1) is 6.61 Å². The maximum Gasteiger partial charge on any atom is 0.0589 e. The summed E-state index contributed by atoms with van der Waals surface area (Å²) >= 11 is 0. The second kappa shape index (κ2) is 8.04. The highest BCUT2D eigenvalue weighted by Gasteiger charge is 2.19. The number of hydrogen-bond donors (Lipinski definition) is 1. The van der Waals surface area contributed by atoms with Crippen molar-refractivity contribution in [2.45, 2.75) is 46.6 Å². The van der Waals surface area contributed by atoms with Gasteiger partial charge in [0.2, 0.25) is 0 Å². The molecule has 0 saturated heterocycles. The zero-order valence-corrected chi connectivity index (χ0v) is 11.8. The van der Waals surface area contributed by atoms with E-state index in [1.165, 1.54) is 6.42 Å². The molecule has 0 heterocycles. The van der Waals surface area contributed by atoms with Gasteiger partial charge in [0.1, 0.15) is 0 Å². The van der Waals surface area contributed by atoms with Crippen molar-refractivity contribution in [2.75, 3.05) is 33.4 Å². The van der Waals surface area contributed by atoms with E-state index in [-0.39, 0.29) is 5.41 Å². The Morgan fingerprint density at radius 2 is 1.94 bits per heavy atom. The normalized spacial score (nSPS) is 14.4. The van der Waals surface area contributed by atoms with Crippen LogP contribution in [-0.2, 0) is 4.74 Å². The summed E-state index contributed by atoms with van der Waals surface area (Å²) in [6, 6.07) is 0.628. The van der Waals surface area contributed by atoms with Crippen molar-refractivity contribution in [3.05, 3.63) is 0 Å². The first-order valence-corrected chi connectivity index (χ1v) is 6.40. The van der Waals surface area contributed by atoms with Gasteiger partial charge < -0.3 is 10.5 Å². The van der Waals surface area contributed by atoms with Gasteiger partial charge >= 0.3 is 0 Å². The van der Waals surface area contributed by atoms with Gasteiger partial charge in [-0.1, -0.05) is 20.8 Å². The number of hydrogen-bond acceptors (Lipinski definition) is 3. The molecule has 0 rings (SSSR count). The van der Waals surface area contributed by atoms with Gasteiger partial charge in [0.15, 0.2) is 0 Å². The van der Waals surface area contributed by atoms with Crippen molar-refractivity contribution in [1.29, 1.82) is 0 Å². The first-order chi connectivity index (χ1) is 7.46. The summed E-state index contributed by atoms with van der Waals surface area (Å²) in [5, 5.41) is 0. The molecule has 3 nitrogen and oxygen atoms in total. The highest BCUT2D eigenvalue weighted by Crippen LogP contribution is 2.19. The van der Waals surface area contributed by atoms with Crippen molar-refractivity contribution < 1.29 is 4.74 Å². The molecule has 0 aliphatic carbocycles.